The molecule has 0 aliphatic rings. The van der Waals surface area contributed by atoms with Crippen LogP contribution >= 0.6 is 11.6 Å². The van der Waals surface area contributed by atoms with Crippen LogP contribution in [0, 0.1) is 11.6 Å². The first-order chi connectivity index (χ1) is 8.18. The molecule has 1 atom stereocenters. The van der Waals surface area contributed by atoms with Gasteiger partial charge < -0.3 is 5.73 Å². The highest BCUT2D eigenvalue weighted by molar-refractivity contribution is 6.31. The third-order valence-electron chi connectivity index (χ3n) is 2.55. The smallest absolute Gasteiger partial charge is 0.327 e. The van der Waals surface area contributed by atoms with Crippen LogP contribution in [0.3, 0.4) is 0 Å². The van der Waals surface area contributed by atoms with Crippen LogP contribution in [-0.2, 0) is 12.6 Å². The molecule has 1 aromatic carbocycles. The molecule has 0 spiro atoms. The fourth-order valence-electron chi connectivity index (χ4n) is 1.43. The monoisotopic (exact) mass is 287 g/mol. The van der Waals surface area contributed by atoms with E-state index in [0.29, 0.717) is 12.5 Å². The molecule has 1 rings (SSSR count). The van der Waals surface area contributed by atoms with Crippen molar-refractivity contribution in [2.75, 3.05) is 0 Å². The normalized spacial score (nSPS) is 13.8. The quantitative estimate of drug-likeness (QED) is 0.662. The molecule has 1 unspecified atom stereocenters. The number of benzene rings is 1. The van der Waals surface area contributed by atoms with E-state index in [2.05, 4.69) is 0 Å². The second kappa shape index (κ2) is 5.40. The van der Waals surface area contributed by atoms with Gasteiger partial charge in [-0.25, -0.2) is 8.78 Å². The molecule has 0 amide bonds. The van der Waals surface area contributed by atoms with Crippen molar-refractivity contribution in [2.45, 2.75) is 32.0 Å². The molecular weight excluding hydrogens is 277 g/mol. The number of hydrogen-bond donors (Lipinski definition) is 1. The number of alkyl halides is 3. The van der Waals surface area contributed by atoms with Crippen LogP contribution in [0.5, 0.6) is 0 Å². The van der Waals surface area contributed by atoms with Gasteiger partial charge in [-0.2, -0.15) is 13.2 Å². The van der Waals surface area contributed by atoms with Crippen molar-refractivity contribution >= 4 is 11.6 Å². The van der Waals surface area contributed by atoms with Gasteiger partial charge in [0.15, 0.2) is 11.6 Å². The highest BCUT2D eigenvalue weighted by atomic mass is 35.5. The molecule has 0 aromatic heterocycles. The molecule has 1 aromatic rings. The number of hydrogen-bond acceptors (Lipinski definition) is 1. The lowest BCUT2D eigenvalue weighted by Gasteiger charge is -2.15. The second-order valence-electron chi connectivity index (χ2n) is 3.88. The molecule has 1 nitrogen and oxygen atoms in total. The molecule has 102 valence electrons. The SMILES string of the molecule is CCC(N)Cc1c(Cl)cc(C(F)(F)F)c(F)c1F. The summed E-state index contributed by atoms with van der Waals surface area (Å²) in [5.74, 6) is -3.52. The van der Waals surface area contributed by atoms with Crippen LogP contribution in [0.4, 0.5) is 22.0 Å². The molecule has 2 N–H and O–H groups in total. The van der Waals surface area contributed by atoms with Gasteiger partial charge in [0.05, 0.1) is 5.56 Å². The van der Waals surface area contributed by atoms with E-state index in [0.717, 1.165) is 0 Å². The van der Waals surface area contributed by atoms with Gasteiger partial charge in [0.25, 0.3) is 0 Å². The van der Waals surface area contributed by atoms with Crippen molar-refractivity contribution in [1.82, 2.24) is 0 Å². The number of halogens is 6. The second-order valence-corrected chi connectivity index (χ2v) is 4.29. The van der Waals surface area contributed by atoms with E-state index >= 15 is 0 Å². The molecule has 18 heavy (non-hydrogen) atoms. The first-order valence-electron chi connectivity index (χ1n) is 5.17. The lowest BCUT2D eigenvalue weighted by atomic mass is 10.0. The number of nitrogens with two attached hydrogens (primary N) is 1. The lowest BCUT2D eigenvalue weighted by molar-refractivity contribution is -0.140. The average molecular weight is 288 g/mol. The van der Waals surface area contributed by atoms with Gasteiger partial charge in [0, 0.05) is 16.6 Å². The molecule has 0 saturated carbocycles. The molecule has 0 saturated heterocycles. The molecule has 0 bridgehead atoms. The summed E-state index contributed by atoms with van der Waals surface area (Å²) in [6.45, 7) is 1.72. The van der Waals surface area contributed by atoms with E-state index in [1.54, 1.807) is 6.92 Å². The first kappa shape index (κ1) is 15.2. The fourth-order valence-corrected chi connectivity index (χ4v) is 1.70. The van der Waals surface area contributed by atoms with E-state index in [1.165, 1.54) is 0 Å². The molecule has 7 heteroatoms. The van der Waals surface area contributed by atoms with E-state index in [9.17, 15) is 22.0 Å². The van der Waals surface area contributed by atoms with E-state index in [1.807, 2.05) is 0 Å². The van der Waals surface area contributed by atoms with Crippen LogP contribution in [0.15, 0.2) is 6.07 Å². The molecule has 0 fully saturated rings. The van der Waals surface area contributed by atoms with Crippen molar-refractivity contribution in [3.05, 3.63) is 33.9 Å². The van der Waals surface area contributed by atoms with Crippen LogP contribution in [0.1, 0.15) is 24.5 Å². The van der Waals surface area contributed by atoms with Gasteiger partial charge in [0.2, 0.25) is 0 Å². The Hall–Kier alpha value is -0.880. The Balaban J connectivity index is 3.29. The Morgan fingerprint density at radius 2 is 1.83 bits per heavy atom. The van der Waals surface area contributed by atoms with E-state index in [-0.39, 0.29) is 12.0 Å². The fraction of sp³-hybridized carbons (Fsp3) is 0.455. The predicted octanol–water partition coefficient (Wildman–Crippen LogP) is 3.92. The summed E-state index contributed by atoms with van der Waals surface area (Å²) >= 11 is 5.55. The zero-order valence-electron chi connectivity index (χ0n) is 9.41. The minimum Gasteiger partial charge on any atom is -0.327 e. The summed E-state index contributed by atoms with van der Waals surface area (Å²) in [5, 5.41) is -0.467. The third-order valence-corrected chi connectivity index (χ3v) is 2.89. The highest BCUT2D eigenvalue weighted by Crippen LogP contribution is 2.36. The maximum Gasteiger partial charge on any atom is 0.419 e. The van der Waals surface area contributed by atoms with Crippen molar-refractivity contribution in [3.8, 4) is 0 Å². The molecule has 0 aliphatic heterocycles. The summed E-state index contributed by atoms with van der Waals surface area (Å²) in [6.07, 6.45) is -4.63. The molecule has 0 heterocycles. The Bertz CT molecular complexity index is 444. The van der Waals surface area contributed by atoms with Crippen molar-refractivity contribution in [1.29, 1.82) is 0 Å². The first-order valence-corrected chi connectivity index (χ1v) is 5.55. The summed E-state index contributed by atoms with van der Waals surface area (Å²) in [7, 11) is 0. The standard InChI is InChI=1S/C11H11ClF5N/c1-2-5(18)3-6-8(12)4-7(11(15,16)17)10(14)9(6)13/h4-5H,2-3,18H2,1H3. The minimum absolute atomic E-state index is 0.115. The Labute approximate surface area is 106 Å². The summed E-state index contributed by atoms with van der Waals surface area (Å²) in [5.41, 5.74) is 3.51. The maximum absolute atomic E-state index is 13.5. The Morgan fingerprint density at radius 1 is 1.28 bits per heavy atom. The van der Waals surface area contributed by atoms with Crippen molar-refractivity contribution in [2.24, 2.45) is 5.73 Å². The van der Waals surface area contributed by atoms with Gasteiger partial charge in [0.1, 0.15) is 0 Å². The van der Waals surface area contributed by atoms with Crippen LogP contribution in [-0.4, -0.2) is 6.04 Å². The van der Waals surface area contributed by atoms with Crippen molar-refractivity contribution in [3.63, 3.8) is 0 Å². The maximum atomic E-state index is 13.5. The van der Waals surface area contributed by atoms with Crippen LogP contribution in [0.2, 0.25) is 5.02 Å². The van der Waals surface area contributed by atoms with E-state index < -0.39 is 34.4 Å². The summed E-state index contributed by atoms with van der Waals surface area (Å²) in [4.78, 5) is 0. The van der Waals surface area contributed by atoms with Gasteiger partial charge in [-0.15, -0.1) is 0 Å². The Kier molecular flexibility index (Phi) is 4.55. The van der Waals surface area contributed by atoms with Gasteiger partial charge >= 0.3 is 6.18 Å². The lowest BCUT2D eigenvalue weighted by Crippen LogP contribution is -2.23. The molecular formula is C11H11ClF5N. The number of rotatable bonds is 3. The van der Waals surface area contributed by atoms with Gasteiger partial charge in [-0.05, 0) is 18.9 Å². The largest absolute Gasteiger partial charge is 0.419 e. The predicted molar refractivity (Wildman–Crippen MR) is 58.3 cm³/mol. The topological polar surface area (TPSA) is 26.0 Å². The minimum atomic E-state index is -4.99. The van der Waals surface area contributed by atoms with E-state index in [4.69, 9.17) is 17.3 Å². The van der Waals surface area contributed by atoms with Crippen LogP contribution < -0.4 is 5.73 Å². The Morgan fingerprint density at radius 3 is 2.28 bits per heavy atom. The van der Waals surface area contributed by atoms with Crippen LogP contribution in [0.25, 0.3) is 0 Å². The van der Waals surface area contributed by atoms with Gasteiger partial charge in [-0.3, -0.25) is 0 Å². The molecule has 0 aliphatic carbocycles. The third kappa shape index (κ3) is 3.11. The highest BCUT2D eigenvalue weighted by Gasteiger charge is 2.37. The molecule has 0 radical (unpaired) electrons. The summed E-state index contributed by atoms with van der Waals surface area (Å²) < 4.78 is 64.0. The summed E-state index contributed by atoms with van der Waals surface area (Å²) in [6, 6.07) is -0.106. The zero-order chi connectivity index (χ0) is 14.1. The van der Waals surface area contributed by atoms with Gasteiger partial charge in [-0.1, -0.05) is 18.5 Å². The average Bonchev–Trinajstić information content (AvgIpc) is 2.27. The van der Waals surface area contributed by atoms with Crippen molar-refractivity contribution < 1.29 is 22.0 Å². The zero-order valence-corrected chi connectivity index (χ0v) is 10.2.